The van der Waals surface area contributed by atoms with Crippen LogP contribution in [0, 0.1) is 12.8 Å². The Morgan fingerprint density at radius 2 is 2.03 bits per heavy atom. The maximum Gasteiger partial charge on any atom is 0.242 e. The van der Waals surface area contributed by atoms with Gasteiger partial charge in [-0.2, -0.15) is 0 Å². The van der Waals surface area contributed by atoms with Crippen molar-refractivity contribution < 1.29 is 14.3 Å². The van der Waals surface area contributed by atoms with Gasteiger partial charge in [0.2, 0.25) is 11.8 Å². The van der Waals surface area contributed by atoms with Crippen LogP contribution in [0.15, 0.2) is 35.7 Å². The highest BCUT2D eigenvalue weighted by atomic mass is 32.1. The third-order valence-corrected chi connectivity index (χ3v) is 6.42. The Labute approximate surface area is 177 Å². The summed E-state index contributed by atoms with van der Waals surface area (Å²) in [6.45, 7) is 9.38. The van der Waals surface area contributed by atoms with Gasteiger partial charge in [0.15, 0.2) is 0 Å². The van der Waals surface area contributed by atoms with E-state index in [4.69, 9.17) is 4.74 Å². The number of hydrogen-bond donors (Lipinski definition) is 0. The number of ether oxygens (including phenoxy) is 1. The van der Waals surface area contributed by atoms with E-state index < -0.39 is 0 Å². The summed E-state index contributed by atoms with van der Waals surface area (Å²) < 4.78 is 6.13. The summed E-state index contributed by atoms with van der Waals surface area (Å²) >= 11 is 1.74. The molecule has 1 aliphatic rings. The van der Waals surface area contributed by atoms with Gasteiger partial charge < -0.3 is 14.5 Å². The molecule has 29 heavy (non-hydrogen) atoms. The van der Waals surface area contributed by atoms with E-state index in [1.165, 1.54) is 10.4 Å². The van der Waals surface area contributed by atoms with Gasteiger partial charge in [0.1, 0.15) is 12.4 Å². The first-order valence-corrected chi connectivity index (χ1v) is 11.1. The van der Waals surface area contributed by atoms with Crippen molar-refractivity contribution in [3.05, 3.63) is 51.7 Å². The number of thiophene rings is 1. The highest BCUT2D eigenvalue weighted by Crippen LogP contribution is 2.34. The van der Waals surface area contributed by atoms with Gasteiger partial charge in [-0.05, 0) is 48.9 Å². The SMILES string of the molecule is CCN(CC(=O)N1CCc2sccc2[C@H]1COc1ccccc1C)C(=O)C(C)C. The zero-order chi connectivity index (χ0) is 21.0. The van der Waals surface area contributed by atoms with Gasteiger partial charge in [-0.25, -0.2) is 0 Å². The van der Waals surface area contributed by atoms with Crippen molar-refractivity contribution in [2.75, 3.05) is 26.2 Å². The minimum absolute atomic E-state index is 0.0155. The summed E-state index contributed by atoms with van der Waals surface area (Å²) in [7, 11) is 0. The van der Waals surface area contributed by atoms with Crippen molar-refractivity contribution in [2.45, 2.75) is 40.2 Å². The standard InChI is InChI=1S/C23H30N2O3S/c1-5-24(23(27)16(2)3)14-22(26)25-12-10-21-18(11-13-29-21)19(25)15-28-20-9-7-6-8-17(20)4/h6-9,11,13,16,19H,5,10,12,14-15H2,1-4H3/t19-/m1/s1. The second kappa shape index (κ2) is 9.44. The van der Waals surface area contributed by atoms with Crippen LogP contribution >= 0.6 is 11.3 Å². The summed E-state index contributed by atoms with van der Waals surface area (Å²) in [5.41, 5.74) is 2.24. The van der Waals surface area contributed by atoms with Gasteiger partial charge in [-0.15, -0.1) is 11.3 Å². The lowest BCUT2D eigenvalue weighted by Crippen LogP contribution is -2.48. The number of amides is 2. The fraction of sp³-hybridized carbons (Fsp3) is 0.478. The number of para-hydroxylation sites is 1. The molecule has 2 heterocycles. The molecule has 3 rings (SSSR count). The van der Waals surface area contributed by atoms with Crippen LogP contribution in [0.3, 0.4) is 0 Å². The average molecular weight is 415 g/mol. The molecule has 0 unspecified atom stereocenters. The molecule has 0 spiro atoms. The predicted octanol–water partition coefficient (Wildman–Crippen LogP) is 4.07. The Bertz CT molecular complexity index is 861. The molecule has 0 N–H and O–H groups in total. The Balaban J connectivity index is 1.78. The van der Waals surface area contributed by atoms with Crippen molar-refractivity contribution in [3.8, 4) is 5.75 Å². The Kier molecular flexibility index (Phi) is 6.96. The minimum Gasteiger partial charge on any atom is -0.491 e. The molecule has 2 aromatic rings. The van der Waals surface area contributed by atoms with E-state index in [2.05, 4.69) is 11.4 Å². The molecule has 1 aromatic heterocycles. The van der Waals surface area contributed by atoms with Gasteiger partial charge in [0.25, 0.3) is 0 Å². The highest BCUT2D eigenvalue weighted by molar-refractivity contribution is 7.10. The second-order valence-electron chi connectivity index (χ2n) is 7.74. The average Bonchev–Trinajstić information content (AvgIpc) is 3.19. The maximum atomic E-state index is 13.2. The predicted molar refractivity (Wildman–Crippen MR) is 116 cm³/mol. The topological polar surface area (TPSA) is 49.9 Å². The van der Waals surface area contributed by atoms with E-state index in [1.54, 1.807) is 16.2 Å². The van der Waals surface area contributed by atoms with Crippen LogP contribution in [0.5, 0.6) is 5.75 Å². The van der Waals surface area contributed by atoms with Crippen LogP contribution in [0.4, 0.5) is 0 Å². The quantitative estimate of drug-likeness (QED) is 0.686. The number of carbonyl (C=O) groups is 2. The van der Waals surface area contributed by atoms with Gasteiger partial charge >= 0.3 is 0 Å². The zero-order valence-corrected chi connectivity index (χ0v) is 18.5. The molecule has 5 nitrogen and oxygen atoms in total. The number of carbonyl (C=O) groups excluding carboxylic acids is 2. The molecule has 0 aliphatic carbocycles. The Morgan fingerprint density at radius 3 is 2.72 bits per heavy atom. The summed E-state index contributed by atoms with van der Waals surface area (Å²) in [6, 6.07) is 9.89. The van der Waals surface area contributed by atoms with E-state index in [-0.39, 0.29) is 30.3 Å². The number of fused-ring (bicyclic) bond motifs is 1. The molecule has 2 amide bonds. The molecule has 1 aliphatic heterocycles. The lowest BCUT2D eigenvalue weighted by atomic mass is 10.00. The van der Waals surface area contributed by atoms with Crippen molar-refractivity contribution in [1.29, 1.82) is 0 Å². The zero-order valence-electron chi connectivity index (χ0n) is 17.7. The van der Waals surface area contributed by atoms with Gasteiger partial charge in [-0.3, -0.25) is 9.59 Å². The van der Waals surface area contributed by atoms with E-state index >= 15 is 0 Å². The van der Waals surface area contributed by atoms with E-state index in [9.17, 15) is 9.59 Å². The van der Waals surface area contributed by atoms with Crippen molar-refractivity contribution in [2.24, 2.45) is 5.92 Å². The summed E-state index contributed by atoms with van der Waals surface area (Å²) in [4.78, 5) is 30.5. The van der Waals surface area contributed by atoms with Crippen LogP contribution in [-0.2, 0) is 16.0 Å². The third-order valence-electron chi connectivity index (χ3n) is 5.42. The summed E-state index contributed by atoms with van der Waals surface area (Å²) in [6.07, 6.45) is 0.851. The monoisotopic (exact) mass is 414 g/mol. The smallest absolute Gasteiger partial charge is 0.242 e. The Morgan fingerprint density at radius 1 is 1.28 bits per heavy atom. The molecule has 0 fully saturated rings. The van der Waals surface area contributed by atoms with E-state index in [1.807, 2.05) is 56.9 Å². The van der Waals surface area contributed by atoms with Crippen LogP contribution in [-0.4, -0.2) is 47.9 Å². The molecular weight excluding hydrogens is 384 g/mol. The molecule has 0 radical (unpaired) electrons. The summed E-state index contributed by atoms with van der Waals surface area (Å²) in [5.74, 6) is 0.720. The van der Waals surface area contributed by atoms with E-state index in [0.717, 1.165) is 17.7 Å². The molecule has 1 atom stereocenters. The first kappa shape index (κ1) is 21.4. The normalized spacial score (nSPS) is 15.9. The van der Waals surface area contributed by atoms with Crippen LogP contribution in [0.1, 0.15) is 42.8 Å². The fourth-order valence-corrected chi connectivity index (χ4v) is 4.65. The minimum atomic E-state index is -0.134. The highest BCUT2D eigenvalue weighted by Gasteiger charge is 2.33. The van der Waals surface area contributed by atoms with Crippen LogP contribution in [0.2, 0.25) is 0 Å². The van der Waals surface area contributed by atoms with Crippen molar-refractivity contribution in [1.82, 2.24) is 9.80 Å². The second-order valence-corrected chi connectivity index (χ2v) is 8.74. The molecule has 156 valence electrons. The number of rotatable bonds is 7. The number of nitrogens with zero attached hydrogens (tertiary/aromatic N) is 2. The lowest BCUT2D eigenvalue weighted by Gasteiger charge is -2.37. The van der Waals surface area contributed by atoms with Gasteiger partial charge in [0.05, 0.1) is 12.6 Å². The first-order valence-electron chi connectivity index (χ1n) is 10.2. The molecule has 0 saturated carbocycles. The molecular formula is C23H30N2O3S. The Hall–Kier alpha value is -2.34. The largest absolute Gasteiger partial charge is 0.491 e. The van der Waals surface area contributed by atoms with Gasteiger partial charge in [-0.1, -0.05) is 32.0 Å². The fourth-order valence-electron chi connectivity index (χ4n) is 3.73. The van der Waals surface area contributed by atoms with Gasteiger partial charge in [0, 0.05) is 23.9 Å². The molecule has 0 saturated heterocycles. The first-order chi connectivity index (χ1) is 13.9. The number of hydrogen-bond acceptors (Lipinski definition) is 4. The third kappa shape index (κ3) is 4.81. The number of likely N-dealkylation sites (N-methyl/N-ethyl adjacent to an activating group) is 1. The molecule has 0 bridgehead atoms. The lowest BCUT2D eigenvalue weighted by molar-refractivity contribution is -0.144. The molecule has 6 heteroatoms. The number of benzene rings is 1. The van der Waals surface area contributed by atoms with E-state index in [0.29, 0.717) is 19.7 Å². The van der Waals surface area contributed by atoms with Crippen LogP contribution < -0.4 is 4.74 Å². The van der Waals surface area contributed by atoms with Crippen LogP contribution in [0.25, 0.3) is 0 Å². The summed E-state index contributed by atoms with van der Waals surface area (Å²) in [5, 5.41) is 2.08. The molecule has 1 aromatic carbocycles. The maximum absolute atomic E-state index is 13.2. The van der Waals surface area contributed by atoms with Crippen molar-refractivity contribution in [3.63, 3.8) is 0 Å². The van der Waals surface area contributed by atoms with Crippen molar-refractivity contribution >= 4 is 23.2 Å². The number of aryl methyl sites for hydroxylation is 1.